The summed E-state index contributed by atoms with van der Waals surface area (Å²) in [4.78, 5) is 28.3. The second kappa shape index (κ2) is 9.39. The highest BCUT2D eigenvalue weighted by atomic mass is 16.5. The van der Waals surface area contributed by atoms with Gasteiger partial charge in [-0.1, -0.05) is 30.3 Å². The molecule has 0 aliphatic carbocycles. The van der Waals surface area contributed by atoms with E-state index in [4.69, 9.17) is 4.74 Å². The van der Waals surface area contributed by atoms with Crippen LogP contribution in [0.3, 0.4) is 0 Å². The van der Waals surface area contributed by atoms with E-state index < -0.39 is 0 Å². The number of carbonyl (C=O) groups is 2. The largest absolute Gasteiger partial charge is 0.383 e. The molecule has 1 aromatic rings. The molecule has 2 amide bonds. The van der Waals surface area contributed by atoms with Gasteiger partial charge in [-0.2, -0.15) is 0 Å². The predicted octanol–water partition coefficient (Wildman–Crippen LogP) is 0.524. The summed E-state index contributed by atoms with van der Waals surface area (Å²) in [7, 11) is 1.62. The van der Waals surface area contributed by atoms with Gasteiger partial charge in [0.05, 0.1) is 19.6 Å². The number of benzene rings is 1. The maximum Gasteiger partial charge on any atom is 0.234 e. The number of nitrogens with zero attached hydrogens (tertiary/aromatic N) is 2. The zero-order valence-corrected chi connectivity index (χ0v) is 14.5. The maximum absolute atomic E-state index is 12.3. The number of nitrogens with one attached hydrogen (secondary N) is 1. The first-order valence-electron chi connectivity index (χ1n) is 8.41. The van der Waals surface area contributed by atoms with E-state index in [0.717, 1.165) is 18.7 Å². The first kappa shape index (κ1) is 18.4. The minimum atomic E-state index is 0.00334. The van der Waals surface area contributed by atoms with Gasteiger partial charge in [0.2, 0.25) is 11.8 Å². The second-order valence-electron chi connectivity index (χ2n) is 6.24. The van der Waals surface area contributed by atoms with Crippen molar-refractivity contribution in [2.24, 2.45) is 0 Å². The highest BCUT2D eigenvalue weighted by Gasteiger charge is 2.22. The normalized spacial score (nSPS) is 16.7. The number of hydrogen-bond acceptors (Lipinski definition) is 4. The Kier molecular flexibility index (Phi) is 7.21. The molecule has 1 aliphatic heterocycles. The molecule has 1 fully saturated rings. The molecular formula is C18H27N3O3. The molecule has 0 aromatic heterocycles. The second-order valence-corrected chi connectivity index (χ2v) is 6.24. The fraction of sp³-hybridized carbons (Fsp3) is 0.556. The zero-order chi connectivity index (χ0) is 17.4. The van der Waals surface area contributed by atoms with Gasteiger partial charge in [-0.15, -0.1) is 0 Å². The van der Waals surface area contributed by atoms with E-state index in [1.807, 2.05) is 42.2 Å². The van der Waals surface area contributed by atoms with Crippen molar-refractivity contribution in [3.63, 3.8) is 0 Å². The molecule has 6 nitrogen and oxygen atoms in total. The van der Waals surface area contributed by atoms with Crippen LogP contribution in [-0.4, -0.2) is 74.1 Å². The van der Waals surface area contributed by atoms with E-state index in [1.165, 1.54) is 0 Å². The lowest BCUT2D eigenvalue weighted by Gasteiger charge is -2.34. The Bertz CT molecular complexity index is 528. The first-order chi connectivity index (χ1) is 11.6. The van der Waals surface area contributed by atoms with Gasteiger partial charge in [0.1, 0.15) is 0 Å². The molecule has 0 radical (unpaired) electrons. The van der Waals surface area contributed by atoms with Crippen molar-refractivity contribution >= 4 is 11.8 Å². The van der Waals surface area contributed by atoms with E-state index in [9.17, 15) is 9.59 Å². The number of methoxy groups -OCH3 is 1. The van der Waals surface area contributed by atoms with Crippen LogP contribution in [0.25, 0.3) is 0 Å². The van der Waals surface area contributed by atoms with Gasteiger partial charge in [0, 0.05) is 39.3 Å². The Balaban J connectivity index is 1.71. The molecule has 24 heavy (non-hydrogen) atoms. The van der Waals surface area contributed by atoms with Crippen molar-refractivity contribution in [2.45, 2.75) is 19.4 Å². The third kappa shape index (κ3) is 5.94. The third-order valence-electron chi connectivity index (χ3n) is 4.11. The molecule has 0 saturated carbocycles. The van der Waals surface area contributed by atoms with Crippen molar-refractivity contribution in [1.29, 1.82) is 0 Å². The molecule has 1 aromatic carbocycles. The number of hydrogen-bond donors (Lipinski definition) is 1. The lowest BCUT2D eigenvalue weighted by molar-refractivity contribution is -0.132. The average molecular weight is 333 g/mol. The van der Waals surface area contributed by atoms with Crippen LogP contribution >= 0.6 is 0 Å². The van der Waals surface area contributed by atoms with E-state index in [1.54, 1.807) is 7.11 Å². The van der Waals surface area contributed by atoms with Crippen LogP contribution in [0.5, 0.6) is 0 Å². The summed E-state index contributed by atoms with van der Waals surface area (Å²) in [6, 6.07) is 9.80. The molecule has 0 unspecified atom stereocenters. The molecule has 0 spiro atoms. The molecule has 1 atom stereocenters. The Morgan fingerprint density at radius 2 is 1.83 bits per heavy atom. The van der Waals surface area contributed by atoms with Crippen molar-refractivity contribution in [3.05, 3.63) is 35.9 Å². The van der Waals surface area contributed by atoms with Crippen LogP contribution in [0.1, 0.15) is 12.5 Å². The maximum atomic E-state index is 12.3. The van der Waals surface area contributed by atoms with Crippen LogP contribution in [0.4, 0.5) is 0 Å². The zero-order valence-electron chi connectivity index (χ0n) is 14.5. The van der Waals surface area contributed by atoms with Gasteiger partial charge in [-0.3, -0.25) is 14.5 Å². The van der Waals surface area contributed by atoms with Gasteiger partial charge in [-0.25, -0.2) is 0 Å². The van der Waals surface area contributed by atoms with Gasteiger partial charge in [0.15, 0.2) is 0 Å². The van der Waals surface area contributed by atoms with Crippen molar-refractivity contribution in [3.8, 4) is 0 Å². The topological polar surface area (TPSA) is 61.9 Å². The van der Waals surface area contributed by atoms with Crippen LogP contribution in [0.2, 0.25) is 0 Å². The van der Waals surface area contributed by atoms with E-state index in [0.29, 0.717) is 32.7 Å². The molecule has 1 heterocycles. The first-order valence-corrected chi connectivity index (χ1v) is 8.41. The quantitative estimate of drug-likeness (QED) is 0.790. The van der Waals surface area contributed by atoms with Gasteiger partial charge < -0.3 is 15.0 Å². The smallest absolute Gasteiger partial charge is 0.234 e. The third-order valence-corrected chi connectivity index (χ3v) is 4.11. The lowest BCUT2D eigenvalue weighted by Crippen LogP contribution is -2.52. The van der Waals surface area contributed by atoms with Gasteiger partial charge >= 0.3 is 0 Å². The summed E-state index contributed by atoms with van der Waals surface area (Å²) in [6.45, 7) is 5.60. The Morgan fingerprint density at radius 1 is 1.17 bits per heavy atom. The van der Waals surface area contributed by atoms with Gasteiger partial charge in [-0.05, 0) is 12.5 Å². The van der Waals surface area contributed by atoms with Crippen molar-refractivity contribution in [2.75, 3.05) is 46.4 Å². The summed E-state index contributed by atoms with van der Waals surface area (Å²) in [6.07, 6.45) is 0.440. The minimum absolute atomic E-state index is 0.00334. The van der Waals surface area contributed by atoms with Crippen molar-refractivity contribution < 1.29 is 14.3 Å². The summed E-state index contributed by atoms with van der Waals surface area (Å²) >= 11 is 0. The molecule has 2 rings (SSSR count). The number of amides is 2. The minimum Gasteiger partial charge on any atom is -0.383 e. The Hall–Kier alpha value is -1.92. The predicted molar refractivity (Wildman–Crippen MR) is 92.6 cm³/mol. The highest BCUT2D eigenvalue weighted by molar-refractivity contribution is 5.79. The SMILES string of the molecule is COC[C@@H](C)NC(=O)CN1CCN(C(=O)Cc2ccccc2)CC1. The van der Waals surface area contributed by atoms with Crippen LogP contribution in [-0.2, 0) is 20.7 Å². The van der Waals surface area contributed by atoms with Crippen LogP contribution in [0.15, 0.2) is 30.3 Å². The molecule has 1 N–H and O–H groups in total. The molecular weight excluding hydrogens is 306 g/mol. The fourth-order valence-corrected chi connectivity index (χ4v) is 2.85. The van der Waals surface area contributed by atoms with E-state index in [-0.39, 0.29) is 17.9 Å². The number of carbonyl (C=O) groups excluding carboxylic acids is 2. The molecule has 1 saturated heterocycles. The molecule has 132 valence electrons. The van der Waals surface area contributed by atoms with Gasteiger partial charge in [0.25, 0.3) is 0 Å². The monoisotopic (exact) mass is 333 g/mol. The van der Waals surface area contributed by atoms with Crippen LogP contribution < -0.4 is 5.32 Å². The summed E-state index contributed by atoms with van der Waals surface area (Å²) in [5.41, 5.74) is 1.04. The molecule has 0 bridgehead atoms. The number of ether oxygens (including phenoxy) is 1. The molecule has 6 heteroatoms. The fourth-order valence-electron chi connectivity index (χ4n) is 2.85. The summed E-state index contributed by atoms with van der Waals surface area (Å²) < 4.78 is 5.01. The highest BCUT2D eigenvalue weighted by Crippen LogP contribution is 2.07. The summed E-state index contributed by atoms with van der Waals surface area (Å²) in [5, 5.41) is 2.91. The average Bonchev–Trinajstić information content (AvgIpc) is 2.56. The summed E-state index contributed by atoms with van der Waals surface area (Å²) in [5.74, 6) is 0.155. The lowest BCUT2D eigenvalue weighted by atomic mass is 10.1. The standard InChI is InChI=1S/C18H27N3O3/c1-15(14-24-2)19-17(22)13-20-8-10-21(11-9-20)18(23)12-16-6-4-3-5-7-16/h3-7,15H,8-14H2,1-2H3,(H,19,22)/t15-/m1/s1. The van der Waals surface area contributed by atoms with E-state index in [2.05, 4.69) is 10.2 Å². The number of rotatable bonds is 7. The number of piperazine rings is 1. The van der Waals surface area contributed by atoms with Crippen molar-refractivity contribution in [1.82, 2.24) is 15.1 Å². The van der Waals surface area contributed by atoms with E-state index >= 15 is 0 Å². The Morgan fingerprint density at radius 3 is 2.46 bits per heavy atom. The molecule has 1 aliphatic rings. The Labute approximate surface area is 143 Å². The van der Waals surface area contributed by atoms with Crippen LogP contribution in [0, 0.1) is 0 Å².